The molecule has 3 aromatic rings. The molecule has 1 amide bonds. The number of rotatable bonds is 4. The van der Waals surface area contributed by atoms with Crippen LogP contribution in [0.15, 0.2) is 53.3 Å². The number of carbonyl (C=O) groups excluding carboxylic acids is 1. The lowest BCUT2D eigenvalue weighted by molar-refractivity contribution is 0.0938. The van der Waals surface area contributed by atoms with E-state index in [0.29, 0.717) is 29.4 Å². The van der Waals surface area contributed by atoms with Crippen LogP contribution in [0, 0.1) is 5.82 Å². The summed E-state index contributed by atoms with van der Waals surface area (Å²) in [6.45, 7) is 2.33. The van der Waals surface area contributed by atoms with Crippen LogP contribution in [0.3, 0.4) is 0 Å². The van der Waals surface area contributed by atoms with E-state index in [0.717, 1.165) is 0 Å². The normalized spacial score (nSPS) is 10.5. The van der Waals surface area contributed by atoms with Crippen LogP contribution in [0.1, 0.15) is 23.8 Å². The van der Waals surface area contributed by atoms with Crippen molar-refractivity contribution in [3.05, 3.63) is 70.4 Å². The zero-order valence-electron chi connectivity index (χ0n) is 15.0. The number of amides is 1. The number of fused-ring (bicyclic) bond motifs is 1. The predicted molar refractivity (Wildman–Crippen MR) is 110 cm³/mol. The molecular weight excluding hydrogens is 381 g/mol. The van der Waals surface area contributed by atoms with Gasteiger partial charge in [-0.05, 0) is 49.0 Å². The van der Waals surface area contributed by atoms with Gasteiger partial charge in [0.15, 0.2) is 10.8 Å². The smallest absolute Gasteiger partial charge is 0.290 e. The first-order valence-corrected chi connectivity index (χ1v) is 9.03. The van der Waals surface area contributed by atoms with Crippen LogP contribution in [0.5, 0.6) is 0 Å². The van der Waals surface area contributed by atoms with Crippen LogP contribution < -0.4 is 21.7 Å². The van der Waals surface area contributed by atoms with Gasteiger partial charge in [0.25, 0.3) is 11.5 Å². The molecule has 0 aliphatic carbocycles. The van der Waals surface area contributed by atoms with Crippen molar-refractivity contribution in [2.45, 2.75) is 19.9 Å². The Morgan fingerprint density at radius 2 is 1.79 bits per heavy atom. The molecule has 0 aliphatic rings. The Hall–Kier alpha value is -3.33. The lowest BCUT2D eigenvalue weighted by Crippen LogP contribution is -2.44. The summed E-state index contributed by atoms with van der Waals surface area (Å²) >= 11 is 5.11. The third-order valence-corrected chi connectivity index (χ3v) is 4.11. The molecule has 3 rings (SSSR count). The molecule has 9 heteroatoms. The molecule has 0 atom stereocenters. The summed E-state index contributed by atoms with van der Waals surface area (Å²) in [6.07, 6.45) is 0.705. The fourth-order valence-electron chi connectivity index (χ4n) is 2.63. The van der Waals surface area contributed by atoms with Gasteiger partial charge in [-0.1, -0.05) is 25.1 Å². The Morgan fingerprint density at radius 3 is 2.46 bits per heavy atom. The minimum atomic E-state index is -0.538. The molecule has 0 aliphatic heterocycles. The first-order valence-electron chi connectivity index (χ1n) is 8.62. The highest BCUT2D eigenvalue weighted by Gasteiger charge is 2.16. The molecule has 0 spiro atoms. The Bertz CT molecular complexity index is 1080. The molecule has 0 bridgehead atoms. The molecule has 1 heterocycles. The molecule has 1 aromatic heterocycles. The van der Waals surface area contributed by atoms with Crippen molar-refractivity contribution in [3.63, 3.8) is 0 Å². The van der Waals surface area contributed by atoms with E-state index in [1.54, 1.807) is 24.3 Å². The average molecular weight is 399 g/mol. The van der Waals surface area contributed by atoms with Crippen LogP contribution >= 0.6 is 12.2 Å². The van der Waals surface area contributed by atoms with E-state index in [4.69, 9.17) is 12.2 Å². The second-order valence-corrected chi connectivity index (χ2v) is 6.37. The largest absolute Gasteiger partial charge is 0.331 e. The number of aromatic nitrogens is 2. The van der Waals surface area contributed by atoms with Crippen molar-refractivity contribution in [1.82, 2.24) is 20.6 Å². The van der Waals surface area contributed by atoms with Crippen molar-refractivity contribution >= 4 is 39.7 Å². The maximum absolute atomic E-state index is 12.9. The maximum atomic E-state index is 12.9. The summed E-state index contributed by atoms with van der Waals surface area (Å²) in [7, 11) is 0. The number of hydrogen-bond acceptors (Lipinski definition) is 4. The monoisotopic (exact) mass is 399 g/mol. The number of aryl methyl sites for hydroxylation is 1. The minimum Gasteiger partial charge on any atom is -0.331 e. The van der Waals surface area contributed by atoms with Gasteiger partial charge in [-0.3, -0.25) is 20.4 Å². The molecule has 0 radical (unpaired) electrons. The number of halogens is 1. The van der Waals surface area contributed by atoms with Gasteiger partial charge in [0, 0.05) is 17.6 Å². The lowest BCUT2D eigenvalue weighted by Gasteiger charge is -2.13. The van der Waals surface area contributed by atoms with E-state index >= 15 is 0 Å². The van der Waals surface area contributed by atoms with Crippen LogP contribution in [-0.4, -0.2) is 20.8 Å². The fourth-order valence-corrected chi connectivity index (χ4v) is 2.80. The second kappa shape index (κ2) is 8.57. The average Bonchev–Trinajstić information content (AvgIpc) is 2.70. The van der Waals surface area contributed by atoms with Gasteiger partial charge >= 0.3 is 0 Å². The van der Waals surface area contributed by atoms with Gasteiger partial charge in [-0.15, -0.1) is 0 Å². The molecular formula is C19H18FN5O2S. The Morgan fingerprint density at radius 1 is 1.11 bits per heavy atom. The van der Waals surface area contributed by atoms with Gasteiger partial charge in [-0.25, -0.2) is 9.07 Å². The minimum absolute atomic E-state index is 0.112. The number of nitrogens with zero attached hydrogens (tertiary/aromatic N) is 2. The highest BCUT2D eigenvalue weighted by atomic mass is 32.1. The molecule has 0 unspecified atom stereocenters. The number of anilines is 1. The van der Waals surface area contributed by atoms with Crippen LogP contribution in [0.4, 0.5) is 10.1 Å². The van der Waals surface area contributed by atoms with Crippen LogP contribution in [0.25, 0.3) is 10.8 Å². The molecule has 7 nitrogen and oxygen atoms in total. The molecule has 144 valence electrons. The maximum Gasteiger partial charge on any atom is 0.290 e. The number of nitrogens with one attached hydrogen (secondary N) is 3. The predicted octanol–water partition coefficient (Wildman–Crippen LogP) is 2.58. The molecule has 28 heavy (non-hydrogen) atoms. The lowest BCUT2D eigenvalue weighted by atomic mass is 10.1. The number of hydrogen-bond donors (Lipinski definition) is 3. The fraction of sp³-hybridized carbons (Fsp3) is 0.158. The zero-order valence-corrected chi connectivity index (χ0v) is 15.8. The summed E-state index contributed by atoms with van der Waals surface area (Å²) < 4.78 is 14.2. The topological polar surface area (TPSA) is 88.1 Å². The highest BCUT2D eigenvalue weighted by molar-refractivity contribution is 7.80. The molecule has 3 N–H and O–H groups in total. The standard InChI is InChI=1S/C19H18FN5O2S/c1-2-11-25-18(27)15-6-4-3-5-14(15)16(24-25)17(26)22-23-19(28)21-13-9-7-12(20)8-10-13/h3-10H,2,11H2,1H3,(H,22,26)(H2,21,23,28). The van der Waals surface area contributed by atoms with Crippen LogP contribution in [-0.2, 0) is 6.54 Å². The van der Waals surface area contributed by atoms with Gasteiger partial charge < -0.3 is 5.32 Å². The number of hydrazine groups is 1. The highest BCUT2D eigenvalue weighted by Crippen LogP contribution is 2.13. The number of carbonyl (C=O) groups is 1. The molecule has 0 saturated heterocycles. The van der Waals surface area contributed by atoms with E-state index in [1.807, 2.05) is 6.92 Å². The van der Waals surface area contributed by atoms with Crippen molar-refractivity contribution in [3.8, 4) is 0 Å². The first kappa shape index (κ1) is 19.4. The Labute approximate surface area is 165 Å². The third kappa shape index (κ3) is 4.32. The molecule has 2 aromatic carbocycles. The number of thiocarbonyl (C=S) groups is 1. The van der Waals surface area contributed by atoms with Gasteiger partial charge in [0.05, 0.1) is 5.39 Å². The third-order valence-electron chi connectivity index (χ3n) is 3.91. The van der Waals surface area contributed by atoms with Gasteiger partial charge in [0.1, 0.15) is 5.82 Å². The zero-order chi connectivity index (χ0) is 20.1. The molecule has 0 fully saturated rings. The Balaban J connectivity index is 1.77. The SMILES string of the molecule is CCCn1nc(C(=O)NNC(=S)Nc2ccc(F)cc2)c2ccccc2c1=O. The van der Waals surface area contributed by atoms with Crippen molar-refractivity contribution in [2.24, 2.45) is 0 Å². The summed E-state index contributed by atoms with van der Waals surface area (Å²) in [5.41, 5.74) is 5.48. The first-order chi connectivity index (χ1) is 13.5. The summed E-state index contributed by atoms with van der Waals surface area (Å²) in [6, 6.07) is 12.4. The second-order valence-electron chi connectivity index (χ2n) is 5.96. The summed E-state index contributed by atoms with van der Waals surface area (Å²) in [5.74, 6) is -0.901. The van der Waals surface area contributed by atoms with Crippen molar-refractivity contribution in [2.75, 3.05) is 5.32 Å². The van der Waals surface area contributed by atoms with E-state index in [1.165, 1.54) is 28.9 Å². The summed E-state index contributed by atoms with van der Waals surface area (Å²) in [4.78, 5) is 25.1. The van der Waals surface area contributed by atoms with E-state index in [2.05, 4.69) is 21.3 Å². The van der Waals surface area contributed by atoms with Crippen molar-refractivity contribution < 1.29 is 9.18 Å². The van der Waals surface area contributed by atoms with E-state index in [9.17, 15) is 14.0 Å². The Kier molecular flexibility index (Phi) is 5.95. The number of benzene rings is 2. The van der Waals surface area contributed by atoms with E-state index in [-0.39, 0.29) is 22.2 Å². The van der Waals surface area contributed by atoms with Gasteiger partial charge in [0.2, 0.25) is 0 Å². The van der Waals surface area contributed by atoms with Crippen LogP contribution in [0.2, 0.25) is 0 Å². The van der Waals surface area contributed by atoms with E-state index < -0.39 is 5.91 Å². The quantitative estimate of drug-likeness (QED) is 0.462. The summed E-state index contributed by atoms with van der Waals surface area (Å²) in [5, 5.41) is 8.02. The van der Waals surface area contributed by atoms with Crippen molar-refractivity contribution in [1.29, 1.82) is 0 Å². The van der Waals surface area contributed by atoms with Gasteiger partial charge in [-0.2, -0.15) is 5.10 Å². The molecule has 0 saturated carbocycles.